The van der Waals surface area contributed by atoms with Gasteiger partial charge in [-0.2, -0.15) is 11.8 Å². The topological polar surface area (TPSA) is 37.3 Å². The molecular weight excluding hydrogens is 232 g/mol. The van der Waals surface area contributed by atoms with Crippen LogP contribution in [0, 0.1) is 23.7 Å². The first kappa shape index (κ1) is 11.9. The summed E-state index contributed by atoms with van der Waals surface area (Å²) in [7, 11) is 0. The Morgan fingerprint density at radius 2 is 1.71 bits per heavy atom. The normalized spacial score (nSPS) is 44.9. The van der Waals surface area contributed by atoms with Crippen LogP contribution in [0.4, 0.5) is 0 Å². The Morgan fingerprint density at radius 1 is 1.24 bits per heavy atom. The first-order valence-electron chi connectivity index (χ1n) is 6.93. The molecule has 4 aliphatic carbocycles. The van der Waals surface area contributed by atoms with E-state index in [1.807, 2.05) is 18.7 Å². The second-order valence-electron chi connectivity index (χ2n) is 6.65. The first-order valence-corrected chi connectivity index (χ1v) is 7.92. The van der Waals surface area contributed by atoms with E-state index in [1.54, 1.807) is 0 Å². The van der Waals surface area contributed by atoms with Crippen LogP contribution in [-0.4, -0.2) is 21.6 Å². The Balaban J connectivity index is 1.64. The van der Waals surface area contributed by atoms with E-state index in [9.17, 15) is 4.79 Å². The van der Waals surface area contributed by atoms with Gasteiger partial charge in [0.05, 0.1) is 5.92 Å². The van der Waals surface area contributed by atoms with Gasteiger partial charge in [0, 0.05) is 10.5 Å². The first-order chi connectivity index (χ1) is 8.06. The molecule has 4 fully saturated rings. The maximum Gasteiger partial charge on any atom is 0.307 e. The number of hydrogen-bond donors (Lipinski definition) is 1. The van der Waals surface area contributed by atoms with E-state index in [0.29, 0.717) is 4.75 Å². The van der Waals surface area contributed by atoms with Gasteiger partial charge in [0.2, 0.25) is 0 Å². The molecule has 3 heteroatoms. The van der Waals surface area contributed by atoms with E-state index < -0.39 is 5.97 Å². The Kier molecular flexibility index (Phi) is 2.92. The number of thioether (sulfide) groups is 1. The summed E-state index contributed by atoms with van der Waals surface area (Å²) < 4.78 is 0.471. The SMILES string of the molecule is CC(CSC12CC3CC(CC(C3)C1)C2)C(=O)O. The maximum absolute atomic E-state index is 10.9. The van der Waals surface area contributed by atoms with Gasteiger partial charge in [-0.25, -0.2) is 0 Å². The number of hydrogen-bond acceptors (Lipinski definition) is 2. The minimum Gasteiger partial charge on any atom is -0.481 e. The van der Waals surface area contributed by atoms with Crippen LogP contribution in [0.15, 0.2) is 0 Å². The number of rotatable bonds is 4. The molecule has 1 N–H and O–H groups in total. The van der Waals surface area contributed by atoms with Crippen LogP contribution in [0.25, 0.3) is 0 Å². The predicted octanol–water partition coefficient (Wildman–Crippen LogP) is 3.41. The number of carbonyl (C=O) groups is 1. The molecule has 0 aromatic heterocycles. The van der Waals surface area contributed by atoms with Gasteiger partial charge in [-0.1, -0.05) is 6.92 Å². The van der Waals surface area contributed by atoms with Crippen LogP contribution in [0.5, 0.6) is 0 Å². The van der Waals surface area contributed by atoms with Crippen LogP contribution >= 0.6 is 11.8 Å². The second kappa shape index (κ2) is 4.18. The number of carboxylic acid groups (broad SMARTS) is 1. The Labute approximate surface area is 108 Å². The largest absolute Gasteiger partial charge is 0.481 e. The van der Waals surface area contributed by atoms with Gasteiger partial charge in [0.1, 0.15) is 0 Å². The lowest BCUT2D eigenvalue weighted by Gasteiger charge is -2.56. The highest BCUT2D eigenvalue weighted by Crippen LogP contribution is 2.60. The summed E-state index contributed by atoms with van der Waals surface area (Å²) in [5.74, 6) is 2.88. The average Bonchev–Trinajstić information content (AvgIpc) is 2.24. The molecule has 4 aliphatic rings. The third-order valence-corrected chi connectivity index (χ3v) is 6.82. The molecule has 1 atom stereocenters. The average molecular weight is 254 g/mol. The van der Waals surface area contributed by atoms with Crippen LogP contribution in [0.2, 0.25) is 0 Å². The Bertz CT molecular complexity index is 291. The van der Waals surface area contributed by atoms with Gasteiger partial charge in [-0.15, -0.1) is 0 Å². The van der Waals surface area contributed by atoms with E-state index in [4.69, 9.17) is 5.11 Å². The smallest absolute Gasteiger partial charge is 0.307 e. The minimum atomic E-state index is -0.637. The molecule has 0 amide bonds. The van der Waals surface area contributed by atoms with Crippen molar-refractivity contribution in [2.75, 3.05) is 5.75 Å². The quantitative estimate of drug-likeness (QED) is 0.835. The summed E-state index contributed by atoms with van der Waals surface area (Å²) in [5, 5.41) is 8.98. The Hall–Kier alpha value is -0.180. The number of carboxylic acids is 1. The predicted molar refractivity (Wildman–Crippen MR) is 70.2 cm³/mol. The van der Waals surface area contributed by atoms with E-state index in [1.165, 1.54) is 38.5 Å². The highest BCUT2D eigenvalue weighted by molar-refractivity contribution is 8.00. The summed E-state index contributed by atoms with van der Waals surface area (Å²) in [6.45, 7) is 1.84. The van der Waals surface area contributed by atoms with Crippen LogP contribution in [0.3, 0.4) is 0 Å². The molecular formula is C14H22O2S. The lowest BCUT2D eigenvalue weighted by molar-refractivity contribution is -0.140. The zero-order chi connectivity index (χ0) is 12.0. The molecule has 4 rings (SSSR count). The van der Waals surface area contributed by atoms with Crippen molar-refractivity contribution >= 4 is 17.7 Å². The van der Waals surface area contributed by atoms with E-state index in [2.05, 4.69) is 0 Å². The molecule has 0 aromatic rings. The number of aliphatic carboxylic acids is 1. The Morgan fingerprint density at radius 3 is 2.12 bits per heavy atom. The van der Waals surface area contributed by atoms with Crippen molar-refractivity contribution < 1.29 is 9.90 Å². The highest BCUT2D eigenvalue weighted by atomic mass is 32.2. The minimum absolute atomic E-state index is 0.187. The van der Waals surface area contributed by atoms with Gasteiger partial charge < -0.3 is 5.11 Å². The van der Waals surface area contributed by atoms with Gasteiger partial charge in [-0.3, -0.25) is 4.79 Å². The van der Waals surface area contributed by atoms with Crippen molar-refractivity contribution in [1.82, 2.24) is 0 Å². The summed E-state index contributed by atoms with van der Waals surface area (Å²) in [5.41, 5.74) is 0. The van der Waals surface area contributed by atoms with Crippen LogP contribution in [-0.2, 0) is 4.79 Å². The third-order valence-electron chi connectivity index (χ3n) is 5.04. The van der Waals surface area contributed by atoms with E-state index in [0.717, 1.165) is 23.5 Å². The van der Waals surface area contributed by atoms with Crippen LogP contribution in [0.1, 0.15) is 45.4 Å². The summed E-state index contributed by atoms with van der Waals surface area (Å²) in [6, 6.07) is 0. The molecule has 0 saturated heterocycles. The van der Waals surface area contributed by atoms with Crippen molar-refractivity contribution in [3.8, 4) is 0 Å². The molecule has 0 spiro atoms. The van der Waals surface area contributed by atoms with Crippen molar-refractivity contribution in [2.24, 2.45) is 23.7 Å². The molecule has 17 heavy (non-hydrogen) atoms. The fraction of sp³-hybridized carbons (Fsp3) is 0.929. The maximum atomic E-state index is 10.9. The van der Waals surface area contributed by atoms with Gasteiger partial charge in [-0.05, 0) is 56.3 Å². The van der Waals surface area contributed by atoms with E-state index in [-0.39, 0.29) is 5.92 Å². The molecule has 0 aromatic carbocycles. The van der Waals surface area contributed by atoms with E-state index >= 15 is 0 Å². The summed E-state index contributed by atoms with van der Waals surface area (Å²) >= 11 is 1.99. The van der Waals surface area contributed by atoms with Crippen molar-refractivity contribution in [1.29, 1.82) is 0 Å². The molecule has 0 radical (unpaired) electrons. The fourth-order valence-corrected chi connectivity index (χ4v) is 6.39. The monoisotopic (exact) mass is 254 g/mol. The fourth-order valence-electron chi connectivity index (χ4n) is 4.58. The van der Waals surface area contributed by atoms with Gasteiger partial charge in [0.25, 0.3) is 0 Å². The van der Waals surface area contributed by atoms with Crippen molar-refractivity contribution in [3.63, 3.8) is 0 Å². The molecule has 96 valence electrons. The molecule has 2 nitrogen and oxygen atoms in total. The standard InChI is InChI=1S/C14H22O2S/c1-9(13(15)16)8-17-14-5-10-2-11(6-14)4-12(3-10)7-14/h9-12H,2-8H2,1H3,(H,15,16). The van der Waals surface area contributed by atoms with Gasteiger partial charge >= 0.3 is 5.97 Å². The van der Waals surface area contributed by atoms with Crippen molar-refractivity contribution in [3.05, 3.63) is 0 Å². The zero-order valence-corrected chi connectivity index (χ0v) is 11.3. The lowest BCUT2D eigenvalue weighted by Crippen LogP contribution is -2.48. The molecule has 1 unspecified atom stereocenters. The zero-order valence-electron chi connectivity index (χ0n) is 10.5. The molecule has 0 heterocycles. The molecule has 4 bridgehead atoms. The second-order valence-corrected chi connectivity index (χ2v) is 8.14. The highest BCUT2D eigenvalue weighted by Gasteiger charge is 2.51. The van der Waals surface area contributed by atoms with Crippen molar-refractivity contribution in [2.45, 2.75) is 50.2 Å². The molecule has 0 aliphatic heterocycles. The van der Waals surface area contributed by atoms with Gasteiger partial charge in [0.15, 0.2) is 0 Å². The summed E-state index contributed by atoms with van der Waals surface area (Å²) in [6.07, 6.45) is 8.51. The summed E-state index contributed by atoms with van der Waals surface area (Å²) in [4.78, 5) is 10.9. The lowest BCUT2D eigenvalue weighted by atomic mass is 9.56. The third kappa shape index (κ3) is 2.23. The van der Waals surface area contributed by atoms with Crippen LogP contribution < -0.4 is 0 Å². The molecule has 4 saturated carbocycles.